The topological polar surface area (TPSA) is 92.5 Å². The van der Waals surface area contributed by atoms with Crippen LogP contribution >= 0.6 is 0 Å². The van der Waals surface area contributed by atoms with Crippen LogP contribution in [0.25, 0.3) is 0 Å². The molecule has 0 amide bonds. The average Bonchev–Trinajstić information content (AvgIpc) is 2.97. The SMILES string of the molecule is CC1(Nc2cc(C(=O)O)c(F)cc2[N+](=O)[O-])CC1. The fraction of sp³-hybridized carbons (Fsp3) is 0.364. The fourth-order valence-electron chi connectivity index (χ4n) is 1.62. The summed E-state index contributed by atoms with van der Waals surface area (Å²) in [4.78, 5) is 20.9. The molecule has 0 heterocycles. The van der Waals surface area contributed by atoms with Gasteiger partial charge in [0.25, 0.3) is 5.69 Å². The number of carboxylic acid groups (broad SMARTS) is 1. The van der Waals surface area contributed by atoms with Crippen LogP contribution < -0.4 is 5.32 Å². The maximum atomic E-state index is 13.4. The molecule has 18 heavy (non-hydrogen) atoms. The predicted molar refractivity (Wildman–Crippen MR) is 61.3 cm³/mol. The highest BCUT2D eigenvalue weighted by molar-refractivity contribution is 5.90. The van der Waals surface area contributed by atoms with Crippen LogP contribution in [0.1, 0.15) is 30.1 Å². The number of nitrogens with one attached hydrogen (secondary N) is 1. The van der Waals surface area contributed by atoms with Gasteiger partial charge in [0.2, 0.25) is 0 Å². The van der Waals surface area contributed by atoms with Gasteiger partial charge in [-0.1, -0.05) is 0 Å². The monoisotopic (exact) mass is 254 g/mol. The molecule has 0 aromatic heterocycles. The van der Waals surface area contributed by atoms with Crippen molar-refractivity contribution in [1.29, 1.82) is 0 Å². The number of hydrogen-bond donors (Lipinski definition) is 2. The van der Waals surface area contributed by atoms with Crippen LogP contribution in [-0.4, -0.2) is 21.5 Å². The van der Waals surface area contributed by atoms with E-state index in [1.807, 2.05) is 6.92 Å². The third-order valence-electron chi connectivity index (χ3n) is 2.95. The number of benzene rings is 1. The molecule has 1 aromatic rings. The Hall–Kier alpha value is -2.18. The van der Waals surface area contributed by atoms with Crippen molar-refractivity contribution in [3.05, 3.63) is 33.6 Å². The third kappa shape index (κ3) is 2.24. The Morgan fingerprint density at radius 3 is 2.61 bits per heavy atom. The summed E-state index contributed by atoms with van der Waals surface area (Å²) in [6.45, 7) is 1.86. The van der Waals surface area contributed by atoms with Crippen molar-refractivity contribution in [1.82, 2.24) is 0 Å². The van der Waals surface area contributed by atoms with Crippen molar-refractivity contribution in [3.8, 4) is 0 Å². The minimum atomic E-state index is -1.45. The van der Waals surface area contributed by atoms with E-state index < -0.39 is 28.0 Å². The lowest BCUT2D eigenvalue weighted by Gasteiger charge is -2.14. The number of aromatic carboxylic acids is 1. The molecule has 7 heteroatoms. The molecule has 1 fully saturated rings. The van der Waals surface area contributed by atoms with Crippen LogP contribution in [0.5, 0.6) is 0 Å². The van der Waals surface area contributed by atoms with E-state index in [1.54, 1.807) is 0 Å². The standard InChI is InChI=1S/C11H11FN2O4/c1-11(2-3-11)13-8-4-6(10(15)16)7(12)5-9(8)14(17)18/h4-5,13H,2-3H2,1H3,(H,15,16). The molecular weight excluding hydrogens is 243 g/mol. The zero-order valence-electron chi connectivity index (χ0n) is 9.57. The lowest BCUT2D eigenvalue weighted by molar-refractivity contribution is -0.384. The van der Waals surface area contributed by atoms with Gasteiger partial charge >= 0.3 is 5.97 Å². The van der Waals surface area contributed by atoms with Gasteiger partial charge in [0.15, 0.2) is 0 Å². The first-order valence-electron chi connectivity index (χ1n) is 5.32. The van der Waals surface area contributed by atoms with E-state index in [9.17, 15) is 19.3 Å². The quantitative estimate of drug-likeness (QED) is 0.635. The highest BCUT2D eigenvalue weighted by atomic mass is 19.1. The van der Waals surface area contributed by atoms with Gasteiger partial charge in [0.05, 0.1) is 16.6 Å². The molecule has 2 N–H and O–H groups in total. The van der Waals surface area contributed by atoms with E-state index >= 15 is 0 Å². The highest BCUT2D eigenvalue weighted by Crippen LogP contribution is 2.41. The lowest BCUT2D eigenvalue weighted by Crippen LogP contribution is -2.18. The Labute approximate surface area is 102 Å². The molecule has 1 aromatic carbocycles. The van der Waals surface area contributed by atoms with Gasteiger partial charge in [-0.15, -0.1) is 0 Å². The summed E-state index contributed by atoms with van der Waals surface area (Å²) in [5, 5.41) is 22.5. The summed E-state index contributed by atoms with van der Waals surface area (Å²) in [6.07, 6.45) is 1.67. The van der Waals surface area contributed by atoms with E-state index in [4.69, 9.17) is 5.11 Å². The molecule has 0 bridgehead atoms. The Kier molecular flexibility index (Phi) is 2.68. The van der Waals surface area contributed by atoms with Crippen LogP contribution in [0.4, 0.5) is 15.8 Å². The molecule has 0 saturated heterocycles. The van der Waals surface area contributed by atoms with E-state index in [1.165, 1.54) is 0 Å². The molecule has 0 unspecified atom stereocenters. The molecule has 96 valence electrons. The Morgan fingerprint density at radius 1 is 1.56 bits per heavy atom. The minimum Gasteiger partial charge on any atom is -0.478 e. The highest BCUT2D eigenvalue weighted by Gasteiger charge is 2.39. The zero-order chi connectivity index (χ0) is 13.5. The summed E-state index contributed by atoms with van der Waals surface area (Å²) < 4.78 is 13.4. The number of carbonyl (C=O) groups is 1. The van der Waals surface area contributed by atoms with Gasteiger partial charge in [0, 0.05) is 5.54 Å². The number of nitrogens with zero attached hydrogens (tertiary/aromatic N) is 1. The van der Waals surface area contributed by atoms with Crippen molar-refractivity contribution in [3.63, 3.8) is 0 Å². The van der Waals surface area contributed by atoms with Gasteiger partial charge in [-0.25, -0.2) is 9.18 Å². The first kappa shape index (κ1) is 12.3. The second-order valence-electron chi connectivity index (χ2n) is 4.60. The maximum Gasteiger partial charge on any atom is 0.338 e. The average molecular weight is 254 g/mol. The first-order valence-corrected chi connectivity index (χ1v) is 5.32. The summed E-state index contributed by atoms with van der Waals surface area (Å²) in [6, 6.07) is 1.61. The number of hydrogen-bond acceptors (Lipinski definition) is 4. The summed E-state index contributed by atoms with van der Waals surface area (Å²) in [7, 11) is 0. The number of rotatable bonds is 4. The second-order valence-corrected chi connectivity index (χ2v) is 4.60. The van der Waals surface area contributed by atoms with Crippen LogP contribution in [-0.2, 0) is 0 Å². The van der Waals surface area contributed by atoms with E-state index in [2.05, 4.69) is 5.32 Å². The zero-order valence-corrected chi connectivity index (χ0v) is 9.57. The second kappa shape index (κ2) is 3.94. The van der Waals surface area contributed by atoms with Crippen molar-refractivity contribution in [2.24, 2.45) is 0 Å². The number of nitro benzene ring substituents is 1. The predicted octanol–water partition coefficient (Wildman–Crippen LogP) is 2.40. The number of anilines is 1. The molecule has 0 spiro atoms. The van der Waals surface area contributed by atoms with Gasteiger partial charge in [-0.3, -0.25) is 10.1 Å². The van der Waals surface area contributed by atoms with Gasteiger partial charge in [-0.2, -0.15) is 0 Å². The van der Waals surface area contributed by atoms with Crippen LogP contribution in [0.2, 0.25) is 0 Å². The summed E-state index contributed by atoms with van der Waals surface area (Å²) in [5.74, 6) is -2.56. The van der Waals surface area contributed by atoms with Gasteiger partial charge < -0.3 is 10.4 Å². The van der Waals surface area contributed by atoms with Gasteiger partial charge in [-0.05, 0) is 25.8 Å². The molecule has 1 saturated carbocycles. The summed E-state index contributed by atoms with van der Waals surface area (Å²) in [5.41, 5.74) is -1.25. The Balaban J connectivity index is 2.49. The van der Waals surface area contributed by atoms with Crippen molar-refractivity contribution >= 4 is 17.3 Å². The van der Waals surface area contributed by atoms with Crippen LogP contribution in [0, 0.1) is 15.9 Å². The fourth-order valence-corrected chi connectivity index (χ4v) is 1.62. The molecule has 6 nitrogen and oxygen atoms in total. The first-order chi connectivity index (χ1) is 8.32. The third-order valence-corrected chi connectivity index (χ3v) is 2.95. The largest absolute Gasteiger partial charge is 0.478 e. The Bertz CT molecular complexity index is 540. The van der Waals surface area contributed by atoms with E-state index in [-0.39, 0.29) is 11.2 Å². The van der Waals surface area contributed by atoms with Crippen LogP contribution in [0.3, 0.4) is 0 Å². The molecule has 1 aliphatic rings. The summed E-state index contributed by atoms with van der Waals surface area (Å²) >= 11 is 0. The van der Waals surface area contributed by atoms with Crippen molar-refractivity contribution in [2.75, 3.05) is 5.32 Å². The van der Waals surface area contributed by atoms with Gasteiger partial charge in [0.1, 0.15) is 11.5 Å². The maximum absolute atomic E-state index is 13.4. The normalized spacial score (nSPS) is 16.1. The van der Waals surface area contributed by atoms with E-state index in [0.717, 1.165) is 18.9 Å². The van der Waals surface area contributed by atoms with Crippen molar-refractivity contribution in [2.45, 2.75) is 25.3 Å². The molecule has 0 aliphatic heterocycles. The minimum absolute atomic E-state index is 0.0406. The number of halogens is 1. The molecular formula is C11H11FN2O4. The van der Waals surface area contributed by atoms with Crippen molar-refractivity contribution < 1.29 is 19.2 Å². The molecule has 1 aliphatic carbocycles. The van der Waals surface area contributed by atoms with Crippen LogP contribution in [0.15, 0.2) is 12.1 Å². The smallest absolute Gasteiger partial charge is 0.338 e. The number of nitro groups is 1. The molecule has 0 radical (unpaired) electrons. The number of carboxylic acids is 1. The Morgan fingerprint density at radius 2 is 2.17 bits per heavy atom. The molecule has 2 rings (SSSR count). The lowest BCUT2D eigenvalue weighted by atomic mass is 10.1. The van der Waals surface area contributed by atoms with E-state index in [0.29, 0.717) is 6.07 Å². The molecule has 0 atom stereocenters.